The minimum atomic E-state index is -1.75. The summed E-state index contributed by atoms with van der Waals surface area (Å²) in [6, 6.07) is -1.27. The Morgan fingerprint density at radius 2 is 1.42 bits per heavy atom. The van der Waals surface area contributed by atoms with E-state index >= 15 is 0 Å². The number of nitrogens with one attached hydrogen (secondary N) is 1. The van der Waals surface area contributed by atoms with Gasteiger partial charge in [-0.05, 0) is 107 Å². The van der Waals surface area contributed by atoms with Crippen LogP contribution in [0.25, 0.3) is 0 Å². The van der Waals surface area contributed by atoms with Gasteiger partial charge in [-0.2, -0.15) is 5.48 Å². The number of hydrogen-bond donors (Lipinski definition) is 7. The number of Topliss-reactive ketones (excluding diaryl/α,β-unsaturated/α-hetero) is 2. The van der Waals surface area contributed by atoms with Crippen LogP contribution in [0.1, 0.15) is 122 Å². The fourth-order valence-corrected chi connectivity index (χ4v) is 20.3. The number of carbonyl (C=O) groups excluding carboxylic acids is 3. The van der Waals surface area contributed by atoms with E-state index in [1.54, 1.807) is 58.6 Å². The zero-order valence-electron chi connectivity index (χ0n) is 65.8. The van der Waals surface area contributed by atoms with Crippen LogP contribution < -0.4 is 25.4 Å². The molecule has 1 aromatic rings. The van der Waals surface area contributed by atoms with Gasteiger partial charge in [0.15, 0.2) is 30.4 Å². The van der Waals surface area contributed by atoms with E-state index in [1.165, 1.54) is 47.5 Å². The molecule has 1 aromatic carbocycles. The van der Waals surface area contributed by atoms with Gasteiger partial charge in [0.25, 0.3) is 0 Å². The number of methoxy groups -OCH3 is 4. The van der Waals surface area contributed by atoms with E-state index in [9.17, 15) is 39.9 Å². The van der Waals surface area contributed by atoms with Crippen molar-refractivity contribution in [3.05, 3.63) is 38.0 Å². The predicted octanol–water partition coefficient (Wildman–Crippen LogP) is 5.40. The summed E-state index contributed by atoms with van der Waals surface area (Å²) in [5.41, 5.74) is 6.86. The molecule has 4 aliphatic carbocycles. The number of nitrogens with zero attached hydrogens (tertiary/aromatic N) is 1. The van der Waals surface area contributed by atoms with Crippen LogP contribution in [0.4, 0.5) is 0 Å². The molecular weight excluding hydrogens is 1620 g/mol. The molecule has 8 aliphatic rings. The number of hydroxylamine groups is 1. The molecule has 3 unspecified atom stereocenters. The van der Waals surface area contributed by atoms with Gasteiger partial charge in [0.2, 0.25) is 17.2 Å². The predicted molar refractivity (Wildman–Crippen MR) is 422 cm³/mol. The maximum atomic E-state index is 14.6. The number of benzene rings is 1. The van der Waals surface area contributed by atoms with Crippen LogP contribution in [-0.4, -0.2) is 307 Å². The highest BCUT2D eigenvalue weighted by Gasteiger charge is 2.78. The van der Waals surface area contributed by atoms with Crippen molar-refractivity contribution in [2.24, 2.45) is 23.0 Å². The molecule has 1 spiro atoms. The first-order valence-electron chi connectivity index (χ1n) is 38.7. The minimum absolute atomic E-state index is 0.0321. The number of carbonyl (C=O) groups is 3. The Balaban J connectivity index is 0.877. The monoisotopic (exact) mass is 1740 g/mol. The van der Waals surface area contributed by atoms with Crippen LogP contribution in [0.15, 0.2) is 23.3 Å². The Kier molecular flexibility index (Phi) is 37.6. The normalized spacial score (nSPS) is 34.4. The Morgan fingerprint density at radius 3 is 2.04 bits per heavy atom. The standard InChI is InChI=1S/C78H118IN3O26S3/c1-12-82(26-17-27-95-29-31-97-33-35-99-37-38-100-36-34-98-32-30-96-28-25-80)54-44-101-59(42-58(54)91-8)106-71-66(87)64(81-108-60-41-55(84)73(50(7)102-60)110-74(89)61-47(4)63(79)69(72(94-11)68(61)92-9)107-75-67(88)70(93-10)65(86)49(6)104-75)48(5)103-76(71)105-57-21-16-18-45(2)22-24-77-53(40-46(3)83)56(85)43-78(77,90)52(62(57)77)23-39-109-111-51-19-14-13-15-20-51/h18,23,48-51,53-55,57-60,62,64-67,70-71,73,75-76,81,84,86-88,90H,12-15,17,19-20,25-44,80H2,1-11H3/b45-18-,52-23+/t48-,49+,50-,53?,54+,55+,57+,58+,59+,60+,62?,64-,65+,66+,67-,70-,71-,73-,75+,76+,77?,78+/m1/s1. The van der Waals surface area contributed by atoms with E-state index in [4.69, 9.17) is 91.1 Å². The second kappa shape index (κ2) is 45.3. The van der Waals surface area contributed by atoms with E-state index in [1.807, 2.05) is 39.5 Å². The number of nitrogens with two attached hydrogens (primary N) is 1. The summed E-state index contributed by atoms with van der Waals surface area (Å²) in [4.78, 5) is 50.9. The van der Waals surface area contributed by atoms with E-state index in [0.717, 1.165) is 31.0 Å². The Morgan fingerprint density at radius 1 is 0.775 bits per heavy atom. The van der Waals surface area contributed by atoms with Gasteiger partial charge in [0, 0.05) is 88.0 Å². The van der Waals surface area contributed by atoms with Gasteiger partial charge in [-0.1, -0.05) is 89.3 Å². The van der Waals surface area contributed by atoms with Crippen molar-refractivity contribution in [2.75, 3.05) is 140 Å². The van der Waals surface area contributed by atoms with Crippen molar-refractivity contribution in [2.45, 2.75) is 233 Å². The van der Waals surface area contributed by atoms with Gasteiger partial charge in [0.1, 0.15) is 53.8 Å². The molecule has 3 saturated carbocycles. The number of halogens is 1. The number of ketones is 2. The minimum Gasteiger partial charge on any atom is -0.492 e. The molecule has 9 rings (SSSR count). The molecule has 4 heterocycles. The highest BCUT2D eigenvalue weighted by molar-refractivity contribution is 14.1. The second-order valence-electron chi connectivity index (χ2n) is 29.0. The molecule has 8 N–H and O–H groups in total. The third-order valence-corrected chi connectivity index (χ3v) is 27.2. The molecule has 4 saturated heterocycles. The molecule has 33 heteroatoms. The Bertz CT molecular complexity index is 3330. The highest BCUT2D eigenvalue weighted by atomic mass is 127. The molecule has 22 atom stereocenters. The van der Waals surface area contributed by atoms with Gasteiger partial charge >= 0.3 is 0 Å². The third-order valence-electron chi connectivity index (χ3n) is 21.7. The molecule has 626 valence electrons. The van der Waals surface area contributed by atoms with Crippen LogP contribution in [0, 0.1) is 51.4 Å². The van der Waals surface area contributed by atoms with E-state index < -0.39 is 132 Å². The molecule has 4 aliphatic heterocycles. The first-order valence-corrected chi connectivity index (χ1v) is 43.1. The molecule has 29 nitrogen and oxygen atoms in total. The SMILES string of the molecule is CCN(CCCOCCOCCOCCOCCOCCOCCN)[C@H]1CO[C@@H](O[C@H]2[C@H](O[C@H]3C#C/C=C(/C)C#CC45C(CC(C)=O)C(=O)C[C@]4(O)/C(=C/CSSC4CCCCC4)C35)O[C@H](C)[C@@H](NO[C@H]3C[C@H](O)[C@H](SC(=O)c4c(C)c(I)c(O[C@@H]5O[C@@H](C)[C@H](O)[C@@H](OC)[C@H]5O)c(OC)c4OC)[C@@H](C)O3)[C@@H]2O)C[C@@H]1OC. The molecular formula is C78H118IN3O26S3. The molecule has 0 aromatic heterocycles. The smallest absolute Gasteiger partial charge is 0.229 e. The summed E-state index contributed by atoms with van der Waals surface area (Å²) in [5, 5.41) is 59.1. The van der Waals surface area contributed by atoms with Gasteiger partial charge in [-0.3, -0.25) is 19.3 Å². The Labute approximate surface area is 678 Å². The van der Waals surface area contributed by atoms with Crippen LogP contribution in [0.3, 0.4) is 0 Å². The van der Waals surface area contributed by atoms with Crippen LogP contribution >= 0.6 is 55.9 Å². The number of likely N-dealkylation sites (N-methyl/N-ethyl adjacent to an activating group) is 1. The van der Waals surface area contributed by atoms with Crippen molar-refractivity contribution in [1.82, 2.24) is 10.4 Å². The number of thioether (sulfide) groups is 1. The lowest BCUT2D eigenvalue weighted by Gasteiger charge is -2.60. The average molecular weight is 1740 g/mol. The topological polar surface area (TPSA) is 360 Å². The molecule has 7 fully saturated rings. The molecule has 111 heavy (non-hydrogen) atoms. The van der Waals surface area contributed by atoms with Crippen molar-refractivity contribution in [3.8, 4) is 40.9 Å². The number of aliphatic hydroxyl groups excluding tert-OH is 4. The Hall–Kier alpha value is -2.91. The van der Waals surface area contributed by atoms with E-state index in [-0.39, 0.29) is 72.7 Å². The van der Waals surface area contributed by atoms with Crippen LogP contribution in [0.2, 0.25) is 0 Å². The van der Waals surface area contributed by atoms with E-state index in [0.29, 0.717) is 130 Å². The first kappa shape index (κ1) is 92.0. The van der Waals surface area contributed by atoms with Crippen molar-refractivity contribution >= 4 is 72.6 Å². The number of ether oxygens (including phenoxy) is 17. The molecule has 0 bridgehead atoms. The molecule has 0 amide bonds. The maximum absolute atomic E-state index is 14.6. The lowest BCUT2D eigenvalue weighted by molar-refractivity contribution is -0.344. The van der Waals surface area contributed by atoms with Crippen molar-refractivity contribution in [3.63, 3.8) is 0 Å². The van der Waals surface area contributed by atoms with Crippen molar-refractivity contribution in [1.29, 1.82) is 0 Å². The lowest BCUT2D eigenvalue weighted by atomic mass is 9.44. The summed E-state index contributed by atoms with van der Waals surface area (Å²) in [5.74, 6) is 11.4. The van der Waals surface area contributed by atoms with Gasteiger partial charge in [-0.15, -0.1) is 0 Å². The summed E-state index contributed by atoms with van der Waals surface area (Å²) in [7, 11) is 9.27. The quantitative estimate of drug-likeness (QED) is 0.0107. The number of allylic oxidation sites excluding steroid dienone is 2. The zero-order chi connectivity index (χ0) is 79.9. The number of aliphatic hydroxyl groups is 5. The number of hydrogen-bond acceptors (Lipinski definition) is 32. The van der Waals surface area contributed by atoms with Gasteiger partial charge in [-0.25, -0.2) is 0 Å². The maximum Gasteiger partial charge on any atom is 0.229 e. The van der Waals surface area contributed by atoms with Crippen LogP contribution in [0.5, 0.6) is 17.2 Å². The fraction of sp³-hybridized carbons (Fsp3) is 0.782. The number of rotatable bonds is 44. The third kappa shape index (κ3) is 23.1. The first-order chi connectivity index (χ1) is 53.5. The summed E-state index contributed by atoms with van der Waals surface area (Å²) >= 11 is 2.86. The second-order valence-corrected chi connectivity index (χ2v) is 34.0. The largest absolute Gasteiger partial charge is 0.492 e. The van der Waals surface area contributed by atoms with Crippen molar-refractivity contribution < 1.29 is 125 Å². The fourth-order valence-electron chi connectivity index (χ4n) is 15.9. The van der Waals surface area contributed by atoms with Crippen LogP contribution in [-0.2, 0) is 80.7 Å². The van der Waals surface area contributed by atoms with E-state index in [2.05, 4.69) is 41.0 Å². The zero-order valence-corrected chi connectivity index (χ0v) is 70.4. The summed E-state index contributed by atoms with van der Waals surface area (Å²) in [6.45, 7) is 19.6. The summed E-state index contributed by atoms with van der Waals surface area (Å²) in [6.07, 6.45) is -6.68. The van der Waals surface area contributed by atoms with Gasteiger partial charge in [0.05, 0.1) is 156 Å². The van der Waals surface area contributed by atoms with Gasteiger partial charge < -0.3 is 117 Å². The summed E-state index contributed by atoms with van der Waals surface area (Å²) < 4.78 is 103. The molecule has 0 radical (unpaired) electrons. The highest BCUT2D eigenvalue weighted by Crippen LogP contribution is 2.70. The lowest BCUT2D eigenvalue weighted by Crippen LogP contribution is -2.69. The average Bonchev–Trinajstić information content (AvgIpc) is 1.53.